The zero-order valence-corrected chi connectivity index (χ0v) is 15.9. The summed E-state index contributed by atoms with van der Waals surface area (Å²) in [4.78, 5) is 19.0. The summed E-state index contributed by atoms with van der Waals surface area (Å²) in [5, 5.41) is 0.575. The lowest BCUT2D eigenvalue weighted by molar-refractivity contribution is -0.0379. The second-order valence-electron chi connectivity index (χ2n) is 6.79. The van der Waals surface area contributed by atoms with Crippen molar-refractivity contribution in [3.8, 4) is 23.0 Å². The average molecular weight is 373 g/mol. The van der Waals surface area contributed by atoms with E-state index >= 15 is 0 Å². The molecule has 0 unspecified atom stereocenters. The molecule has 1 aliphatic rings. The van der Waals surface area contributed by atoms with E-state index in [9.17, 15) is 4.79 Å². The molecule has 0 atom stereocenters. The summed E-state index contributed by atoms with van der Waals surface area (Å²) in [5.74, 6) is 1.42. The van der Waals surface area contributed by atoms with Crippen molar-refractivity contribution in [3.63, 3.8) is 0 Å². The third-order valence-corrected chi connectivity index (χ3v) is 5.60. The number of rotatable bonds is 3. The van der Waals surface area contributed by atoms with Gasteiger partial charge in [0.2, 0.25) is 5.89 Å². The third kappa shape index (κ3) is 2.77. The van der Waals surface area contributed by atoms with E-state index in [0.29, 0.717) is 40.3 Å². The van der Waals surface area contributed by atoms with E-state index in [0.717, 1.165) is 10.4 Å². The first-order valence-electron chi connectivity index (χ1n) is 8.23. The van der Waals surface area contributed by atoms with Gasteiger partial charge in [0.05, 0.1) is 26.4 Å². The Morgan fingerprint density at radius 1 is 1.19 bits per heavy atom. The molecule has 1 aromatic carbocycles. The number of thiophene rings is 1. The van der Waals surface area contributed by atoms with Crippen LogP contribution in [0, 0.1) is 0 Å². The second-order valence-corrected chi connectivity index (χ2v) is 7.87. The summed E-state index contributed by atoms with van der Waals surface area (Å²) < 4.78 is 22.0. The molecule has 0 saturated heterocycles. The van der Waals surface area contributed by atoms with Gasteiger partial charge in [0.1, 0.15) is 10.2 Å². The third-order valence-electron chi connectivity index (χ3n) is 4.50. The first kappa shape index (κ1) is 17.1. The van der Waals surface area contributed by atoms with Gasteiger partial charge in [-0.05, 0) is 37.6 Å². The van der Waals surface area contributed by atoms with Crippen LogP contribution in [0.25, 0.3) is 21.7 Å². The van der Waals surface area contributed by atoms with Crippen LogP contribution in [0.15, 0.2) is 27.4 Å². The summed E-state index contributed by atoms with van der Waals surface area (Å²) in [6.45, 7) is 4.54. The van der Waals surface area contributed by atoms with E-state index in [2.05, 4.69) is 4.98 Å². The van der Waals surface area contributed by atoms with Crippen LogP contribution in [0.1, 0.15) is 24.3 Å². The van der Waals surface area contributed by atoms with Gasteiger partial charge in [-0.25, -0.2) is 9.78 Å². The van der Waals surface area contributed by atoms with Gasteiger partial charge in [0, 0.05) is 16.9 Å². The van der Waals surface area contributed by atoms with Crippen LogP contribution in [0.2, 0.25) is 0 Å². The van der Waals surface area contributed by atoms with E-state index < -0.39 is 0 Å². The molecule has 0 N–H and O–H groups in total. The average Bonchev–Trinajstić information content (AvgIpc) is 2.98. The van der Waals surface area contributed by atoms with Crippen molar-refractivity contribution < 1.29 is 18.6 Å². The molecule has 0 saturated carbocycles. The van der Waals surface area contributed by atoms with Crippen LogP contribution in [0.3, 0.4) is 0 Å². The van der Waals surface area contributed by atoms with E-state index in [1.165, 1.54) is 11.3 Å². The predicted molar refractivity (Wildman–Crippen MR) is 99.3 cm³/mol. The van der Waals surface area contributed by atoms with E-state index in [1.807, 2.05) is 13.8 Å². The lowest BCUT2D eigenvalue weighted by Crippen LogP contribution is -2.31. The molecule has 4 rings (SSSR count). The van der Waals surface area contributed by atoms with Gasteiger partial charge >= 0.3 is 5.63 Å². The Labute approximate surface area is 154 Å². The molecule has 0 radical (unpaired) electrons. The summed E-state index contributed by atoms with van der Waals surface area (Å²) >= 11 is 1.49. The van der Waals surface area contributed by atoms with Crippen LogP contribution in [-0.4, -0.2) is 24.8 Å². The first-order valence-corrected chi connectivity index (χ1v) is 9.05. The molecule has 3 aromatic rings. The number of nitrogens with zero attached hydrogens (tertiary/aromatic N) is 1. The number of hydrogen-bond donors (Lipinski definition) is 0. The maximum atomic E-state index is 12.7. The molecule has 0 aliphatic carbocycles. The fourth-order valence-electron chi connectivity index (χ4n) is 3.17. The lowest BCUT2D eigenvalue weighted by atomic mass is 9.95. The maximum Gasteiger partial charge on any atom is 0.348 e. The quantitative estimate of drug-likeness (QED) is 0.696. The summed E-state index contributed by atoms with van der Waals surface area (Å²) in [7, 11) is 3.13. The summed E-state index contributed by atoms with van der Waals surface area (Å²) in [6.07, 6.45) is 0.671. The van der Waals surface area contributed by atoms with Crippen LogP contribution in [-0.2, 0) is 17.8 Å². The smallest absolute Gasteiger partial charge is 0.348 e. The molecule has 0 bridgehead atoms. The zero-order chi connectivity index (χ0) is 18.5. The van der Waals surface area contributed by atoms with Gasteiger partial charge in [-0.1, -0.05) is 0 Å². The second kappa shape index (κ2) is 6.10. The monoisotopic (exact) mass is 373 g/mol. The van der Waals surface area contributed by atoms with Crippen molar-refractivity contribution >= 4 is 21.6 Å². The van der Waals surface area contributed by atoms with Crippen molar-refractivity contribution in [1.82, 2.24) is 4.98 Å². The summed E-state index contributed by atoms with van der Waals surface area (Å²) in [6, 6.07) is 5.30. The molecule has 136 valence electrons. The van der Waals surface area contributed by atoms with Crippen molar-refractivity contribution in [2.45, 2.75) is 32.5 Å². The highest BCUT2D eigenvalue weighted by molar-refractivity contribution is 7.18. The zero-order valence-electron chi connectivity index (χ0n) is 15.0. The minimum absolute atomic E-state index is 0.266. The number of aromatic nitrogens is 1. The van der Waals surface area contributed by atoms with Crippen LogP contribution in [0.5, 0.6) is 11.5 Å². The Bertz CT molecular complexity index is 1050. The SMILES string of the molecule is COc1ccc(-c2nc3sc4c(c3c(=O)o2)CC(C)(C)OC4)cc1OC. The van der Waals surface area contributed by atoms with Gasteiger partial charge in [-0.3, -0.25) is 0 Å². The number of benzene rings is 1. The molecular formula is C19H19NO5S. The molecule has 2 aromatic heterocycles. The Morgan fingerprint density at radius 2 is 1.96 bits per heavy atom. The Hall–Kier alpha value is -2.38. The van der Waals surface area contributed by atoms with Gasteiger partial charge in [0.15, 0.2) is 11.5 Å². The first-order chi connectivity index (χ1) is 12.4. The van der Waals surface area contributed by atoms with Crippen molar-refractivity contribution in [2.75, 3.05) is 14.2 Å². The highest BCUT2D eigenvalue weighted by atomic mass is 32.1. The van der Waals surface area contributed by atoms with Gasteiger partial charge in [-0.15, -0.1) is 11.3 Å². The molecule has 0 spiro atoms. The number of ether oxygens (including phenoxy) is 3. The van der Waals surface area contributed by atoms with E-state index in [4.69, 9.17) is 18.6 Å². The predicted octanol–water partition coefficient (Wildman–Crippen LogP) is 3.79. The largest absolute Gasteiger partial charge is 0.493 e. The van der Waals surface area contributed by atoms with Gasteiger partial charge in [0.25, 0.3) is 0 Å². The molecule has 0 amide bonds. The van der Waals surface area contributed by atoms with Crippen LogP contribution >= 0.6 is 11.3 Å². The van der Waals surface area contributed by atoms with Gasteiger partial charge in [-0.2, -0.15) is 0 Å². The summed E-state index contributed by atoms with van der Waals surface area (Å²) in [5.41, 5.74) is 0.996. The molecule has 0 fully saturated rings. The Morgan fingerprint density at radius 3 is 2.69 bits per heavy atom. The molecule has 3 heterocycles. The molecule has 1 aliphatic heterocycles. The number of hydrogen-bond acceptors (Lipinski definition) is 7. The van der Waals surface area contributed by atoms with Crippen LogP contribution < -0.4 is 15.1 Å². The van der Waals surface area contributed by atoms with Crippen LogP contribution in [0.4, 0.5) is 0 Å². The molecule has 7 heteroatoms. The standard InChI is InChI=1S/C19H19NO5S/c1-19(2)8-11-14(9-24-19)26-17-15(11)18(21)25-16(20-17)10-5-6-12(22-3)13(7-10)23-4/h5-7H,8-9H2,1-4H3. The van der Waals surface area contributed by atoms with Crippen molar-refractivity contribution in [1.29, 1.82) is 0 Å². The van der Waals surface area contributed by atoms with Crippen molar-refractivity contribution in [3.05, 3.63) is 39.1 Å². The molecule has 6 nitrogen and oxygen atoms in total. The number of fused-ring (bicyclic) bond motifs is 3. The lowest BCUT2D eigenvalue weighted by Gasteiger charge is -2.29. The van der Waals surface area contributed by atoms with Gasteiger partial charge < -0.3 is 18.6 Å². The van der Waals surface area contributed by atoms with Crippen molar-refractivity contribution in [2.24, 2.45) is 0 Å². The normalized spacial score (nSPS) is 15.7. The van der Waals surface area contributed by atoms with E-state index in [1.54, 1.807) is 32.4 Å². The number of methoxy groups -OCH3 is 2. The highest BCUT2D eigenvalue weighted by Gasteiger charge is 2.31. The Kier molecular flexibility index (Phi) is 4.00. The van der Waals surface area contributed by atoms with E-state index in [-0.39, 0.29) is 17.1 Å². The topological polar surface area (TPSA) is 70.8 Å². The highest BCUT2D eigenvalue weighted by Crippen LogP contribution is 2.38. The molecule has 26 heavy (non-hydrogen) atoms. The Balaban J connectivity index is 1.86. The minimum Gasteiger partial charge on any atom is -0.493 e. The fraction of sp³-hybridized carbons (Fsp3) is 0.368. The fourth-order valence-corrected chi connectivity index (χ4v) is 4.26. The molecular weight excluding hydrogens is 354 g/mol. The maximum absolute atomic E-state index is 12.7. The minimum atomic E-state index is -0.366.